The second-order valence-electron chi connectivity index (χ2n) is 6.11. The molecule has 13 nitrogen and oxygen atoms in total. The predicted molar refractivity (Wildman–Crippen MR) is 110 cm³/mol. The molecule has 2 aromatic heterocycles. The number of amides is 1. The van der Waals surface area contributed by atoms with Crippen molar-refractivity contribution in [3.8, 4) is 0 Å². The Balaban J connectivity index is 1.51. The Labute approximate surface area is 174 Å². The molecular formula is C18H16N8O5. The van der Waals surface area contributed by atoms with Gasteiger partial charge in [0.15, 0.2) is 5.82 Å². The van der Waals surface area contributed by atoms with Crippen LogP contribution < -0.4 is 16.0 Å². The van der Waals surface area contributed by atoms with Gasteiger partial charge in [-0.25, -0.2) is 0 Å². The van der Waals surface area contributed by atoms with Crippen molar-refractivity contribution in [2.24, 2.45) is 0 Å². The van der Waals surface area contributed by atoms with Crippen molar-refractivity contribution in [3.05, 3.63) is 80.7 Å². The Morgan fingerprint density at radius 3 is 2.19 bits per heavy atom. The minimum absolute atomic E-state index is 0.146. The number of nitrogens with one attached hydrogen (secondary N) is 3. The molecule has 158 valence electrons. The molecule has 0 spiro atoms. The summed E-state index contributed by atoms with van der Waals surface area (Å²) in [7, 11) is 0. The van der Waals surface area contributed by atoms with Gasteiger partial charge in [-0.15, -0.1) is 10.2 Å². The van der Waals surface area contributed by atoms with Crippen molar-refractivity contribution >= 4 is 34.6 Å². The van der Waals surface area contributed by atoms with Gasteiger partial charge in [0.1, 0.15) is 5.82 Å². The van der Waals surface area contributed by atoms with E-state index in [2.05, 4.69) is 31.1 Å². The van der Waals surface area contributed by atoms with Gasteiger partial charge in [-0.3, -0.25) is 30.0 Å². The number of carbonyl (C=O) groups excluding carboxylic acids is 1. The third-order valence-electron chi connectivity index (χ3n) is 3.90. The topological polar surface area (TPSA) is 178 Å². The zero-order chi connectivity index (χ0) is 22.2. The van der Waals surface area contributed by atoms with E-state index in [0.717, 1.165) is 23.9 Å². The second kappa shape index (κ2) is 9.69. The highest BCUT2D eigenvalue weighted by Crippen LogP contribution is 2.22. The fraction of sp³-hybridized carbons (Fsp3) is 0.111. The number of rotatable bonds is 9. The lowest BCUT2D eigenvalue weighted by molar-refractivity contribution is -0.394. The number of nitro groups is 2. The first-order chi connectivity index (χ1) is 14.9. The van der Waals surface area contributed by atoms with Crippen LogP contribution in [0.5, 0.6) is 0 Å². The molecule has 1 aromatic carbocycles. The van der Waals surface area contributed by atoms with E-state index < -0.39 is 27.1 Å². The number of hydrogen-bond donors (Lipinski definition) is 3. The molecule has 0 aliphatic heterocycles. The largest absolute Gasteiger partial charge is 0.367 e. The van der Waals surface area contributed by atoms with Gasteiger partial charge in [0.25, 0.3) is 17.3 Å². The number of nitrogens with zero attached hydrogens (tertiary/aromatic N) is 5. The van der Waals surface area contributed by atoms with Crippen LogP contribution in [-0.4, -0.2) is 44.0 Å². The Morgan fingerprint density at radius 2 is 1.61 bits per heavy atom. The number of pyridine rings is 1. The monoisotopic (exact) mass is 424 g/mol. The van der Waals surface area contributed by atoms with Crippen LogP contribution in [0.1, 0.15) is 10.4 Å². The van der Waals surface area contributed by atoms with Gasteiger partial charge in [0.05, 0.1) is 33.4 Å². The maximum atomic E-state index is 12.2. The molecule has 0 radical (unpaired) electrons. The van der Waals surface area contributed by atoms with Crippen molar-refractivity contribution in [2.45, 2.75) is 0 Å². The standard InChI is InChI=1S/C18H16N8O5/c27-18(12-8-14(25(28)29)10-15(9-12)26(30)31)21-7-6-20-16-3-4-17(24-23-16)22-13-2-1-5-19-11-13/h1-5,8-11H,6-7H2,(H,20,23)(H,21,27)(H,22,24). The van der Waals surface area contributed by atoms with Gasteiger partial charge in [-0.2, -0.15) is 0 Å². The molecule has 3 N–H and O–H groups in total. The average Bonchev–Trinajstić information content (AvgIpc) is 2.78. The lowest BCUT2D eigenvalue weighted by Gasteiger charge is -2.08. The Bertz CT molecular complexity index is 1060. The van der Waals surface area contributed by atoms with Crippen molar-refractivity contribution in [3.63, 3.8) is 0 Å². The number of nitro benzene ring substituents is 2. The minimum Gasteiger partial charge on any atom is -0.367 e. The fourth-order valence-corrected chi connectivity index (χ4v) is 2.48. The summed E-state index contributed by atoms with van der Waals surface area (Å²) in [5, 5.41) is 38.4. The van der Waals surface area contributed by atoms with Crippen LogP contribution in [0, 0.1) is 20.2 Å². The molecule has 0 saturated heterocycles. The normalized spacial score (nSPS) is 10.2. The zero-order valence-electron chi connectivity index (χ0n) is 15.9. The number of aromatic nitrogens is 3. The molecule has 13 heteroatoms. The summed E-state index contributed by atoms with van der Waals surface area (Å²) in [5.41, 5.74) is -0.478. The number of anilines is 3. The molecule has 3 aromatic rings. The number of hydrogen-bond acceptors (Lipinski definition) is 10. The highest BCUT2D eigenvalue weighted by atomic mass is 16.6. The molecule has 0 fully saturated rings. The minimum atomic E-state index is -0.795. The van der Waals surface area contributed by atoms with Crippen LogP contribution in [0.25, 0.3) is 0 Å². The molecule has 0 aliphatic rings. The summed E-state index contributed by atoms with van der Waals surface area (Å²) in [4.78, 5) is 36.4. The van der Waals surface area contributed by atoms with E-state index in [-0.39, 0.29) is 18.7 Å². The zero-order valence-corrected chi connectivity index (χ0v) is 15.9. The average molecular weight is 424 g/mol. The molecule has 0 unspecified atom stereocenters. The molecule has 0 aliphatic carbocycles. The first-order valence-electron chi connectivity index (χ1n) is 8.89. The Hall–Kier alpha value is -4.68. The van der Waals surface area contributed by atoms with Gasteiger partial charge in [0.2, 0.25) is 0 Å². The van der Waals surface area contributed by atoms with E-state index in [4.69, 9.17) is 0 Å². The predicted octanol–water partition coefficient (Wildman–Crippen LogP) is 2.27. The van der Waals surface area contributed by atoms with Crippen LogP contribution in [-0.2, 0) is 0 Å². The maximum Gasteiger partial charge on any atom is 0.277 e. The van der Waals surface area contributed by atoms with Crippen molar-refractivity contribution in [1.82, 2.24) is 20.5 Å². The molecule has 0 bridgehead atoms. The first-order valence-corrected chi connectivity index (χ1v) is 8.89. The number of carbonyl (C=O) groups is 1. The summed E-state index contributed by atoms with van der Waals surface area (Å²) in [5.74, 6) is 0.326. The van der Waals surface area contributed by atoms with Crippen LogP contribution in [0.4, 0.5) is 28.7 Å². The summed E-state index contributed by atoms with van der Waals surface area (Å²) in [6.45, 7) is 0.430. The third kappa shape index (κ3) is 5.90. The third-order valence-corrected chi connectivity index (χ3v) is 3.90. The summed E-state index contributed by atoms with van der Waals surface area (Å²) in [6, 6.07) is 9.78. The lowest BCUT2D eigenvalue weighted by Crippen LogP contribution is -2.29. The van der Waals surface area contributed by atoms with E-state index >= 15 is 0 Å². The molecule has 0 atom stereocenters. The molecule has 2 heterocycles. The maximum absolute atomic E-state index is 12.2. The van der Waals surface area contributed by atoms with Gasteiger partial charge >= 0.3 is 0 Å². The van der Waals surface area contributed by atoms with Gasteiger partial charge in [0, 0.05) is 31.4 Å². The molecule has 3 rings (SSSR count). The summed E-state index contributed by atoms with van der Waals surface area (Å²) in [6.07, 6.45) is 3.30. The van der Waals surface area contributed by atoms with Gasteiger partial charge < -0.3 is 16.0 Å². The second-order valence-corrected chi connectivity index (χ2v) is 6.11. The van der Waals surface area contributed by atoms with Crippen molar-refractivity contribution in [2.75, 3.05) is 23.7 Å². The van der Waals surface area contributed by atoms with E-state index in [1.165, 1.54) is 0 Å². The Morgan fingerprint density at radius 1 is 0.935 bits per heavy atom. The molecule has 0 saturated carbocycles. The SMILES string of the molecule is O=C(NCCNc1ccc(Nc2cccnc2)nn1)c1cc([N+](=O)[O-])cc([N+](=O)[O-])c1. The van der Waals surface area contributed by atoms with Crippen LogP contribution in [0.2, 0.25) is 0 Å². The van der Waals surface area contributed by atoms with E-state index in [1.807, 2.05) is 6.07 Å². The van der Waals surface area contributed by atoms with E-state index in [1.54, 1.807) is 30.6 Å². The lowest BCUT2D eigenvalue weighted by atomic mass is 10.1. The van der Waals surface area contributed by atoms with Crippen molar-refractivity contribution in [1.29, 1.82) is 0 Å². The van der Waals surface area contributed by atoms with Gasteiger partial charge in [-0.05, 0) is 24.3 Å². The van der Waals surface area contributed by atoms with Crippen LogP contribution in [0.15, 0.2) is 54.9 Å². The fourth-order valence-electron chi connectivity index (χ4n) is 2.48. The van der Waals surface area contributed by atoms with E-state index in [0.29, 0.717) is 11.6 Å². The van der Waals surface area contributed by atoms with E-state index in [9.17, 15) is 25.0 Å². The summed E-state index contributed by atoms with van der Waals surface area (Å²) < 4.78 is 0. The highest BCUT2D eigenvalue weighted by molar-refractivity contribution is 5.95. The first kappa shape index (κ1) is 21.0. The number of benzene rings is 1. The molecule has 31 heavy (non-hydrogen) atoms. The van der Waals surface area contributed by atoms with Gasteiger partial charge in [-0.1, -0.05) is 0 Å². The quantitative estimate of drug-likeness (QED) is 0.262. The summed E-state index contributed by atoms with van der Waals surface area (Å²) >= 11 is 0. The molecule has 1 amide bonds. The molecular weight excluding hydrogens is 408 g/mol. The highest BCUT2D eigenvalue weighted by Gasteiger charge is 2.19. The van der Waals surface area contributed by atoms with Crippen LogP contribution >= 0.6 is 0 Å². The smallest absolute Gasteiger partial charge is 0.277 e. The van der Waals surface area contributed by atoms with Crippen LogP contribution in [0.3, 0.4) is 0 Å². The number of non-ortho nitro benzene ring substituents is 2. The van der Waals surface area contributed by atoms with Crippen molar-refractivity contribution < 1.29 is 14.6 Å². The Kier molecular flexibility index (Phi) is 6.57.